The zero-order valence-electron chi connectivity index (χ0n) is 21.5. The monoisotopic (exact) mass is 539 g/mol. The molecular formula is C30H26FN5O2S. The van der Waals surface area contributed by atoms with E-state index in [1.54, 1.807) is 16.8 Å². The lowest BCUT2D eigenvalue weighted by Gasteiger charge is -2.27. The lowest BCUT2D eigenvalue weighted by molar-refractivity contribution is -0.136. The van der Waals surface area contributed by atoms with Gasteiger partial charge in [-0.25, -0.2) is 13.9 Å². The van der Waals surface area contributed by atoms with Crippen LogP contribution in [0.3, 0.4) is 0 Å². The molecule has 3 heterocycles. The second-order valence-corrected chi connectivity index (χ2v) is 10.3. The third-order valence-corrected chi connectivity index (χ3v) is 7.75. The Morgan fingerprint density at radius 3 is 2.59 bits per heavy atom. The Balaban J connectivity index is 1.44. The van der Waals surface area contributed by atoms with Gasteiger partial charge in [0.25, 0.3) is 0 Å². The summed E-state index contributed by atoms with van der Waals surface area (Å²) in [6.07, 6.45) is 2.08. The third-order valence-electron chi connectivity index (χ3n) is 6.86. The van der Waals surface area contributed by atoms with Crippen molar-refractivity contribution in [1.82, 2.24) is 19.3 Å². The molecule has 1 atom stereocenters. The van der Waals surface area contributed by atoms with E-state index in [0.29, 0.717) is 40.2 Å². The van der Waals surface area contributed by atoms with E-state index >= 15 is 0 Å². The van der Waals surface area contributed by atoms with Crippen molar-refractivity contribution in [3.05, 3.63) is 119 Å². The van der Waals surface area contributed by atoms with Crippen LogP contribution in [0.1, 0.15) is 29.7 Å². The predicted molar refractivity (Wildman–Crippen MR) is 150 cm³/mol. The maximum atomic E-state index is 14.2. The fraction of sp³-hybridized carbons (Fsp3) is 0.167. The first-order valence-electron chi connectivity index (χ1n) is 12.5. The average Bonchev–Trinajstić information content (AvgIpc) is 3.53. The van der Waals surface area contributed by atoms with Crippen LogP contribution in [0.4, 0.5) is 10.3 Å². The molecule has 1 aliphatic rings. The number of carbonyl (C=O) groups is 1. The number of ether oxygens (including phenoxy) is 1. The molecule has 0 saturated carbocycles. The number of hydrogen-bond donors (Lipinski definition) is 1. The van der Waals surface area contributed by atoms with E-state index in [1.165, 1.54) is 30.5 Å². The summed E-state index contributed by atoms with van der Waals surface area (Å²) in [7, 11) is 1.38. The molecule has 0 bridgehead atoms. The maximum absolute atomic E-state index is 14.2. The number of para-hydroxylation sites is 1. The Bertz CT molecular complexity index is 1710. The highest BCUT2D eigenvalue weighted by Gasteiger charge is 2.36. The molecule has 0 aliphatic carbocycles. The Morgan fingerprint density at radius 2 is 1.79 bits per heavy atom. The van der Waals surface area contributed by atoms with Crippen LogP contribution in [0.2, 0.25) is 0 Å². The molecule has 5 aromatic rings. The number of allylic oxidation sites excluding steroid dienone is 1. The number of benzene rings is 3. The van der Waals surface area contributed by atoms with Crippen molar-refractivity contribution in [2.75, 3.05) is 12.4 Å². The summed E-state index contributed by atoms with van der Waals surface area (Å²) in [6.45, 7) is 2.52. The fourth-order valence-electron chi connectivity index (χ4n) is 5.02. The van der Waals surface area contributed by atoms with Crippen LogP contribution in [0.5, 0.6) is 0 Å². The number of esters is 1. The van der Waals surface area contributed by atoms with Gasteiger partial charge >= 0.3 is 5.97 Å². The predicted octanol–water partition coefficient (Wildman–Crippen LogP) is 6.17. The lowest BCUT2D eigenvalue weighted by atomic mass is 9.95. The molecule has 0 amide bonds. The molecule has 3 aromatic carbocycles. The summed E-state index contributed by atoms with van der Waals surface area (Å²) in [5, 5.41) is 9.51. The zero-order chi connectivity index (χ0) is 26.9. The molecule has 0 saturated heterocycles. The summed E-state index contributed by atoms with van der Waals surface area (Å²) in [6, 6.07) is 24.5. The van der Waals surface area contributed by atoms with Gasteiger partial charge in [-0.1, -0.05) is 78.5 Å². The lowest BCUT2D eigenvalue weighted by Crippen LogP contribution is -2.29. The largest absolute Gasteiger partial charge is 0.466 e. The topological polar surface area (TPSA) is 74.0 Å². The first-order valence-corrected chi connectivity index (χ1v) is 13.5. The van der Waals surface area contributed by atoms with Gasteiger partial charge in [0, 0.05) is 40.7 Å². The quantitative estimate of drug-likeness (QED) is 0.197. The highest BCUT2D eigenvalue weighted by atomic mass is 32.2. The van der Waals surface area contributed by atoms with Crippen molar-refractivity contribution in [3.63, 3.8) is 0 Å². The van der Waals surface area contributed by atoms with Crippen LogP contribution >= 0.6 is 11.8 Å². The van der Waals surface area contributed by atoms with Crippen LogP contribution < -0.4 is 5.32 Å². The van der Waals surface area contributed by atoms with E-state index in [-0.39, 0.29) is 5.82 Å². The van der Waals surface area contributed by atoms with Gasteiger partial charge in [0.1, 0.15) is 11.9 Å². The highest BCUT2D eigenvalue weighted by molar-refractivity contribution is 7.98. The average molecular weight is 540 g/mol. The zero-order valence-corrected chi connectivity index (χ0v) is 22.3. The van der Waals surface area contributed by atoms with Crippen molar-refractivity contribution < 1.29 is 13.9 Å². The first-order chi connectivity index (χ1) is 19.0. The van der Waals surface area contributed by atoms with Gasteiger partial charge in [0.2, 0.25) is 11.1 Å². The van der Waals surface area contributed by atoms with Gasteiger partial charge in [0.05, 0.1) is 12.7 Å². The fourth-order valence-corrected chi connectivity index (χ4v) is 5.83. The number of rotatable bonds is 7. The molecule has 1 aliphatic heterocycles. The number of carbonyl (C=O) groups excluding carboxylic acids is 1. The van der Waals surface area contributed by atoms with Crippen LogP contribution in [0, 0.1) is 5.82 Å². The summed E-state index contributed by atoms with van der Waals surface area (Å²) >= 11 is 1.34. The number of nitrogens with zero attached hydrogens (tertiary/aromatic N) is 4. The van der Waals surface area contributed by atoms with Gasteiger partial charge in [-0.05, 0) is 30.2 Å². The Kier molecular flexibility index (Phi) is 6.66. The smallest absolute Gasteiger partial charge is 0.338 e. The van der Waals surface area contributed by atoms with Crippen LogP contribution in [-0.4, -0.2) is 32.4 Å². The Morgan fingerprint density at radius 1 is 1.05 bits per heavy atom. The molecule has 196 valence electrons. The second-order valence-electron chi connectivity index (χ2n) is 9.32. The van der Waals surface area contributed by atoms with Crippen molar-refractivity contribution in [2.45, 2.75) is 30.4 Å². The minimum absolute atomic E-state index is 0.262. The van der Waals surface area contributed by atoms with Crippen LogP contribution in [0.25, 0.3) is 10.9 Å². The molecule has 2 aromatic heterocycles. The number of methoxy groups -OCH3 is 1. The normalized spacial score (nSPS) is 14.8. The molecule has 39 heavy (non-hydrogen) atoms. The number of anilines is 1. The Hall–Kier alpha value is -4.37. The van der Waals surface area contributed by atoms with Crippen LogP contribution in [-0.2, 0) is 21.8 Å². The third kappa shape index (κ3) is 4.70. The van der Waals surface area contributed by atoms with E-state index < -0.39 is 12.0 Å². The Labute approximate surface area is 229 Å². The number of fused-ring (bicyclic) bond motifs is 2. The highest BCUT2D eigenvalue weighted by Crippen LogP contribution is 2.40. The van der Waals surface area contributed by atoms with Crippen molar-refractivity contribution in [2.24, 2.45) is 0 Å². The molecule has 1 unspecified atom stereocenters. The van der Waals surface area contributed by atoms with Gasteiger partial charge in [-0.3, -0.25) is 0 Å². The molecule has 9 heteroatoms. The van der Waals surface area contributed by atoms with E-state index in [1.807, 2.05) is 43.3 Å². The second kappa shape index (κ2) is 10.4. The standard InChI is InChI=1S/C30H26FN5O2S/c1-19-26(28(37)38-2)27(36-29(32-19)33-30(34-36)39-18-21-12-6-8-14-24(21)31)23-17-35(16-20-10-4-3-5-11-20)25-15-9-7-13-22(23)25/h3-15,17,27H,16,18H2,1-2H3,(H,32,33,34). The first kappa shape index (κ1) is 24.9. The maximum Gasteiger partial charge on any atom is 0.338 e. The molecule has 7 nitrogen and oxygen atoms in total. The van der Waals surface area contributed by atoms with Crippen molar-refractivity contribution in [3.8, 4) is 0 Å². The van der Waals surface area contributed by atoms with E-state index in [4.69, 9.17) is 9.84 Å². The van der Waals surface area contributed by atoms with E-state index in [0.717, 1.165) is 16.5 Å². The molecule has 0 fully saturated rings. The number of halogens is 1. The van der Waals surface area contributed by atoms with Crippen LogP contribution in [0.15, 0.2) is 101 Å². The summed E-state index contributed by atoms with van der Waals surface area (Å²) in [5.74, 6) is 0.197. The minimum Gasteiger partial charge on any atom is -0.466 e. The van der Waals surface area contributed by atoms with E-state index in [2.05, 4.69) is 45.3 Å². The number of hydrogen-bond acceptors (Lipinski definition) is 6. The van der Waals surface area contributed by atoms with Gasteiger partial charge in [-0.15, -0.1) is 5.10 Å². The summed E-state index contributed by atoms with van der Waals surface area (Å²) in [5.41, 5.74) is 4.82. The van der Waals surface area contributed by atoms with Gasteiger partial charge < -0.3 is 14.6 Å². The SMILES string of the molecule is COC(=O)C1=C(C)Nc2nc(SCc3ccccc3F)nn2C1c1cn(Cc2ccccc2)c2ccccc12. The van der Waals surface area contributed by atoms with Crippen molar-refractivity contribution >= 4 is 34.6 Å². The van der Waals surface area contributed by atoms with Crippen molar-refractivity contribution in [1.29, 1.82) is 0 Å². The number of aromatic nitrogens is 4. The summed E-state index contributed by atoms with van der Waals surface area (Å²) in [4.78, 5) is 17.8. The number of nitrogens with one attached hydrogen (secondary N) is 1. The molecule has 0 spiro atoms. The molecule has 6 rings (SSSR count). The van der Waals surface area contributed by atoms with Gasteiger partial charge in [-0.2, -0.15) is 4.98 Å². The number of thioether (sulfide) groups is 1. The summed E-state index contributed by atoms with van der Waals surface area (Å²) < 4.78 is 23.3. The minimum atomic E-state index is -0.564. The van der Waals surface area contributed by atoms with Gasteiger partial charge in [0.15, 0.2) is 0 Å². The molecule has 0 radical (unpaired) electrons. The van der Waals surface area contributed by atoms with E-state index in [9.17, 15) is 9.18 Å². The molecular weight excluding hydrogens is 513 g/mol. The molecule has 1 N–H and O–H groups in total.